The smallest absolute Gasteiger partial charge is 0.163 e. The van der Waals surface area contributed by atoms with Crippen molar-refractivity contribution in [2.75, 3.05) is 24.6 Å². The molecule has 0 N–H and O–H groups in total. The quantitative estimate of drug-likeness (QED) is 0.721. The van der Waals surface area contributed by atoms with Crippen LogP contribution in [0.2, 0.25) is 0 Å². The minimum atomic E-state index is -0.103. The molecule has 0 spiro atoms. The van der Waals surface area contributed by atoms with Gasteiger partial charge < -0.3 is 14.2 Å². The molecule has 25 heavy (non-hydrogen) atoms. The number of aromatic nitrogens is 6. The van der Waals surface area contributed by atoms with Crippen molar-refractivity contribution in [3.8, 4) is 5.82 Å². The number of aryl methyl sites for hydroxylation is 2. The van der Waals surface area contributed by atoms with Crippen molar-refractivity contribution < 1.29 is 4.74 Å². The first-order valence-electron chi connectivity index (χ1n) is 8.47. The van der Waals surface area contributed by atoms with Gasteiger partial charge in [-0.1, -0.05) is 6.07 Å². The van der Waals surface area contributed by atoms with Crippen LogP contribution >= 0.6 is 0 Å². The third kappa shape index (κ3) is 3.12. The van der Waals surface area contributed by atoms with Gasteiger partial charge in [-0.3, -0.25) is 0 Å². The Labute approximate surface area is 146 Å². The van der Waals surface area contributed by atoms with Crippen molar-refractivity contribution in [3.63, 3.8) is 0 Å². The Kier molecular flexibility index (Phi) is 4.19. The van der Waals surface area contributed by atoms with Gasteiger partial charge in [0.15, 0.2) is 11.6 Å². The van der Waals surface area contributed by atoms with Crippen LogP contribution in [0.3, 0.4) is 0 Å². The molecular formula is C17H21N7O. The summed E-state index contributed by atoms with van der Waals surface area (Å²) in [7, 11) is 0. The van der Waals surface area contributed by atoms with Crippen molar-refractivity contribution in [1.29, 1.82) is 0 Å². The highest BCUT2D eigenvalue weighted by Crippen LogP contribution is 2.24. The Morgan fingerprint density at radius 3 is 2.96 bits per heavy atom. The molecule has 8 heteroatoms. The SMILES string of the molecule is CCn1cnnc1C1CN(c2cccc(-n3cc(C)cn3)n2)CCO1. The molecule has 1 aliphatic heterocycles. The molecule has 0 saturated carbocycles. The second-order valence-electron chi connectivity index (χ2n) is 6.10. The molecule has 0 amide bonds. The molecule has 1 atom stereocenters. The van der Waals surface area contributed by atoms with Crippen LogP contribution in [0, 0.1) is 6.92 Å². The van der Waals surface area contributed by atoms with E-state index in [1.165, 1.54) is 0 Å². The fourth-order valence-corrected chi connectivity index (χ4v) is 3.02. The summed E-state index contributed by atoms with van der Waals surface area (Å²) in [5, 5.41) is 12.6. The lowest BCUT2D eigenvalue weighted by Gasteiger charge is -2.33. The molecular weight excluding hydrogens is 318 g/mol. The average molecular weight is 339 g/mol. The van der Waals surface area contributed by atoms with Gasteiger partial charge in [0, 0.05) is 19.3 Å². The van der Waals surface area contributed by atoms with E-state index in [1.807, 2.05) is 42.1 Å². The van der Waals surface area contributed by atoms with Gasteiger partial charge in [0.1, 0.15) is 18.2 Å². The van der Waals surface area contributed by atoms with Gasteiger partial charge in [-0.2, -0.15) is 5.10 Å². The summed E-state index contributed by atoms with van der Waals surface area (Å²) < 4.78 is 9.74. The molecule has 1 unspecified atom stereocenters. The molecule has 0 aromatic carbocycles. The van der Waals surface area contributed by atoms with E-state index in [0.717, 1.165) is 36.1 Å². The zero-order valence-electron chi connectivity index (χ0n) is 14.4. The Morgan fingerprint density at radius 2 is 2.16 bits per heavy atom. The van der Waals surface area contributed by atoms with Crippen LogP contribution in [-0.4, -0.2) is 49.2 Å². The largest absolute Gasteiger partial charge is 0.366 e. The number of morpholine rings is 1. The van der Waals surface area contributed by atoms with E-state index in [-0.39, 0.29) is 6.10 Å². The Hall–Kier alpha value is -2.74. The van der Waals surface area contributed by atoms with Gasteiger partial charge >= 0.3 is 0 Å². The van der Waals surface area contributed by atoms with Gasteiger partial charge in [-0.15, -0.1) is 10.2 Å². The van der Waals surface area contributed by atoms with Crippen molar-refractivity contribution in [1.82, 2.24) is 29.5 Å². The van der Waals surface area contributed by atoms with Gasteiger partial charge in [-0.25, -0.2) is 9.67 Å². The molecule has 1 aliphatic rings. The van der Waals surface area contributed by atoms with E-state index in [9.17, 15) is 0 Å². The zero-order chi connectivity index (χ0) is 17.2. The highest BCUT2D eigenvalue weighted by Gasteiger charge is 2.26. The second kappa shape index (κ2) is 6.64. The van der Waals surface area contributed by atoms with E-state index < -0.39 is 0 Å². The minimum Gasteiger partial charge on any atom is -0.366 e. The van der Waals surface area contributed by atoms with Gasteiger partial charge in [0.25, 0.3) is 0 Å². The predicted octanol–water partition coefficient (Wildman–Crippen LogP) is 1.77. The fraction of sp³-hybridized carbons (Fsp3) is 0.412. The molecule has 1 saturated heterocycles. The molecule has 0 bridgehead atoms. The maximum absolute atomic E-state index is 5.92. The molecule has 130 valence electrons. The third-order valence-corrected chi connectivity index (χ3v) is 4.33. The predicted molar refractivity (Wildman–Crippen MR) is 92.7 cm³/mol. The molecule has 4 rings (SSSR count). The highest BCUT2D eigenvalue weighted by molar-refractivity contribution is 5.43. The first-order valence-corrected chi connectivity index (χ1v) is 8.47. The van der Waals surface area contributed by atoms with Gasteiger partial charge in [0.2, 0.25) is 0 Å². The molecule has 0 radical (unpaired) electrons. The molecule has 3 aromatic heterocycles. The molecule has 1 fully saturated rings. The van der Waals surface area contributed by atoms with Crippen molar-refractivity contribution >= 4 is 5.82 Å². The van der Waals surface area contributed by atoms with E-state index in [2.05, 4.69) is 27.1 Å². The maximum Gasteiger partial charge on any atom is 0.163 e. The number of rotatable bonds is 4. The highest BCUT2D eigenvalue weighted by atomic mass is 16.5. The van der Waals surface area contributed by atoms with E-state index in [1.54, 1.807) is 11.0 Å². The molecule has 3 aromatic rings. The summed E-state index contributed by atoms with van der Waals surface area (Å²) in [6.45, 7) is 7.05. The number of anilines is 1. The summed E-state index contributed by atoms with van der Waals surface area (Å²) in [4.78, 5) is 6.99. The van der Waals surface area contributed by atoms with Crippen LogP contribution in [0.15, 0.2) is 36.9 Å². The topological polar surface area (TPSA) is 73.9 Å². The summed E-state index contributed by atoms with van der Waals surface area (Å²) in [5.74, 6) is 2.60. The van der Waals surface area contributed by atoms with Crippen molar-refractivity contribution in [2.45, 2.75) is 26.5 Å². The van der Waals surface area contributed by atoms with Crippen LogP contribution in [0.1, 0.15) is 24.4 Å². The van der Waals surface area contributed by atoms with Crippen LogP contribution in [0.5, 0.6) is 0 Å². The summed E-state index contributed by atoms with van der Waals surface area (Å²) in [5.41, 5.74) is 1.11. The zero-order valence-corrected chi connectivity index (χ0v) is 14.4. The summed E-state index contributed by atoms with van der Waals surface area (Å²) in [6, 6.07) is 5.99. The fourth-order valence-electron chi connectivity index (χ4n) is 3.02. The van der Waals surface area contributed by atoms with E-state index in [4.69, 9.17) is 9.72 Å². The maximum atomic E-state index is 5.92. The first-order chi connectivity index (χ1) is 12.2. The summed E-state index contributed by atoms with van der Waals surface area (Å²) >= 11 is 0. The normalized spacial score (nSPS) is 17.8. The lowest BCUT2D eigenvalue weighted by atomic mass is 10.2. The standard InChI is InChI=1S/C17H21N7O/c1-3-22-12-18-21-17(22)14-11-23(7-8-25-14)15-5-4-6-16(20-15)24-10-13(2)9-19-24/h4-6,9-10,12,14H,3,7-8,11H2,1-2H3. The summed E-state index contributed by atoms with van der Waals surface area (Å²) in [6.07, 6.45) is 5.44. The van der Waals surface area contributed by atoms with Crippen LogP contribution in [0.4, 0.5) is 5.82 Å². The molecule has 4 heterocycles. The Bertz CT molecular complexity index is 856. The lowest BCUT2D eigenvalue weighted by molar-refractivity contribution is 0.0313. The number of nitrogens with zero attached hydrogens (tertiary/aromatic N) is 7. The van der Waals surface area contributed by atoms with Crippen LogP contribution in [0.25, 0.3) is 5.82 Å². The number of pyridine rings is 1. The van der Waals surface area contributed by atoms with E-state index >= 15 is 0 Å². The number of ether oxygens (including phenoxy) is 1. The molecule has 0 aliphatic carbocycles. The minimum absolute atomic E-state index is 0.103. The number of hydrogen-bond acceptors (Lipinski definition) is 6. The Balaban J connectivity index is 1.57. The van der Waals surface area contributed by atoms with Crippen LogP contribution in [-0.2, 0) is 11.3 Å². The van der Waals surface area contributed by atoms with Gasteiger partial charge in [-0.05, 0) is 31.5 Å². The number of hydrogen-bond donors (Lipinski definition) is 0. The van der Waals surface area contributed by atoms with Crippen LogP contribution < -0.4 is 4.90 Å². The van der Waals surface area contributed by atoms with Crippen molar-refractivity contribution in [2.24, 2.45) is 0 Å². The Morgan fingerprint density at radius 1 is 1.28 bits per heavy atom. The third-order valence-electron chi connectivity index (χ3n) is 4.33. The average Bonchev–Trinajstić information content (AvgIpc) is 3.30. The monoisotopic (exact) mass is 339 g/mol. The lowest BCUT2D eigenvalue weighted by Crippen LogP contribution is -2.39. The first kappa shape index (κ1) is 15.8. The molecule has 8 nitrogen and oxygen atoms in total. The second-order valence-corrected chi connectivity index (χ2v) is 6.10. The van der Waals surface area contributed by atoms with E-state index in [0.29, 0.717) is 13.2 Å². The van der Waals surface area contributed by atoms with Crippen molar-refractivity contribution in [3.05, 3.63) is 48.3 Å². The van der Waals surface area contributed by atoms with Gasteiger partial charge in [0.05, 0.1) is 19.3 Å².